The topological polar surface area (TPSA) is 88.2 Å². The van der Waals surface area contributed by atoms with Crippen molar-refractivity contribution < 1.29 is 23.9 Å². The van der Waals surface area contributed by atoms with E-state index in [4.69, 9.17) is 9.47 Å². The molecule has 8 heteroatoms. The van der Waals surface area contributed by atoms with E-state index in [0.717, 1.165) is 50.8 Å². The summed E-state index contributed by atoms with van der Waals surface area (Å²) in [5.74, 6) is 0.628. The highest BCUT2D eigenvalue weighted by Gasteiger charge is 2.24. The summed E-state index contributed by atoms with van der Waals surface area (Å²) in [4.78, 5) is 41.2. The van der Waals surface area contributed by atoms with Crippen LogP contribution in [0.15, 0.2) is 42.5 Å². The number of benzene rings is 2. The summed E-state index contributed by atoms with van der Waals surface area (Å²) in [6, 6.07) is 12.7. The van der Waals surface area contributed by atoms with Gasteiger partial charge in [-0.15, -0.1) is 0 Å². The predicted molar refractivity (Wildman–Crippen MR) is 136 cm³/mol. The van der Waals surface area contributed by atoms with E-state index in [0.29, 0.717) is 41.8 Å². The Morgan fingerprint density at radius 1 is 0.944 bits per heavy atom. The first-order chi connectivity index (χ1) is 17.4. The van der Waals surface area contributed by atoms with Gasteiger partial charge in [-0.05, 0) is 74.9 Å². The quantitative estimate of drug-likeness (QED) is 0.546. The summed E-state index contributed by atoms with van der Waals surface area (Å²) < 4.78 is 11.5. The van der Waals surface area contributed by atoms with E-state index in [-0.39, 0.29) is 24.3 Å². The van der Waals surface area contributed by atoms with Crippen molar-refractivity contribution in [2.24, 2.45) is 0 Å². The van der Waals surface area contributed by atoms with E-state index in [9.17, 15) is 14.4 Å². The third kappa shape index (κ3) is 6.77. The summed E-state index contributed by atoms with van der Waals surface area (Å²) >= 11 is 0. The average Bonchev–Trinajstić information content (AvgIpc) is 3.72. The lowest BCUT2D eigenvalue weighted by molar-refractivity contribution is -0.134. The zero-order valence-electron chi connectivity index (χ0n) is 21.1. The minimum absolute atomic E-state index is 0.0342. The molecule has 0 unspecified atom stereocenters. The fourth-order valence-corrected chi connectivity index (χ4v) is 4.23. The Hall–Kier alpha value is -3.55. The molecule has 2 aromatic rings. The maximum Gasteiger partial charge on any atom is 0.260 e. The van der Waals surface area contributed by atoms with Gasteiger partial charge < -0.3 is 24.6 Å². The summed E-state index contributed by atoms with van der Waals surface area (Å²) in [5.41, 5.74) is 2.02. The van der Waals surface area contributed by atoms with Crippen LogP contribution < -0.4 is 14.8 Å². The zero-order valence-corrected chi connectivity index (χ0v) is 21.1. The van der Waals surface area contributed by atoms with E-state index in [1.54, 1.807) is 42.3 Å². The molecule has 0 bridgehead atoms. The number of nitrogens with zero attached hydrogens (tertiary/aromatic N) is 2. The Morgan fingerprint density at radius 3 is 2.31 bits per heavy atom. The molecule has 0 radical (unpaired) electrons. The van der Waals surface area contributed by atoms with Gasteiger partial charge in [-0.1, -0.05) is 12.1 Å². The molecule has 1 saturated heterocycles. The molecule has 1 aliphatic carbocycles. The fourth-order valence-electron chi connectivity index (χ4n) is 4.23. The van der Waals surface area contributed by atoms with Crippen molar-refractivity contribution in [3.8, 4) is 11.5 Å². The molecule has 36 heavy (non-hydrogen) atoms. The van der Waals surface area contributed by atoms with Crippen molar-refractivity contribution in [1.29, 1.82) is 0 Å². The van der Waals surface area contributed by atoms with Gasteiger partial charge >= 0.3 is 0 Å². The molecule has 192 valence electrons. The molecule has 0 aromatic heterocycles. The van der Waals surface area contributed by atoms with E-state index in [2.05, 4.69) is 5.32 Å². The Morgan fingerprint density at radius 2 is 1.64 bits per heavy atom. The Labute approximate surface area is 212 Å². The molecule has 0 atom stereocenters. The molecule has 8 nitrogen and oxygen atoms in total. The lowest BCUT2D eigenvalue weighted by Gasteiger charge is -2.26. The molecule has 1 saturated carbocycles. The third-order valence-corrected chi connectivity index (χ3v) is 6.45. The predicted octanol–water partition coefficient (Wildman–Crippen LogP) is 3.64. The van der Waals surface area contributed by atoms with Gasteiger partial charge in [0.25, 0.3) is 17.7 Å². The highest BCUT2D eigenvalue weighted by atomic mass is 16.5. The van der Waals surface area contributed by atoms with E-state index >= 15 is 0 Å². The second-order valence-electron chi connectivity index (χ2n) is 9.43. The number of hydrogen-bond acceptors (Lipinski definition) is 5. The smallest absolute Gasteiger partial charge is 0.260 e. The Balaban J connectivity index is 1.36. The van der Waals surface area contributed by atoms with Crippen molar-refractivity contribution in [3.63, 3.8) is 0 Å². The largest absolute Gasteiger partial charge is 0.490 e. The zero-order chi connectivity index (χ0) is 25.5. The molecule has 1 N–H and O–H groups in total. The fraction of sp³-hybridized carbons (Fsp3) is 0.464. The van der Waals surface area contributed by atoms with Crippen LogP contribution in [0.3, 0.4) is 0 Å². The number of hydrogen-bond donors (Lipinski definition) is 1. The first-order valence-corrected chi connectivity index (χ1v) is 12.8. The number of amides is 3. The maximum atomic E-state index is 13.1. The van der Waals surface area contributed by atoms with Gasteiger partial charge in [0.05, 0.1) is 6.61 Å². The third-order valence-electron chi connectivity index (χ3n) is 6.45. The molecule has 2 aliphatic rings. The van der Waals surface area contributed by atoms with Crippen molar-refractivity contribution in [1.82, 2.24) is 15.1 Å². The molecule has 3 amide bonds. The van der Waals surface area contributed by atoms with Gasteiger partial charge in [0.2, 0.25) is 0 Å². The summed E-state index contributed by atoms with van der Waals surface area (Å²) in [6.07, 6.45) is 5.31. The van der Waals surface area contributed by atoms with E-state index in [1.807, 2.05) is 24.0 Å². The summed E-state index contributed by atoms with van der Waals surface area (Å²) in [5, 5.41) is 2.98. The second kappa shape index (κ2) is 11.9. The minimum Gasteiger partial charge on any atom is -0.490 e. The lowest BCUT2D eigenvalue weighted by atomic mass is 10.1. The Bertz CT molecular complexity index is 1080. The van der Waals surface area contributed by atoms with Crippen LogP contribution in [0, 0.1) is 0 Å². The molecular formula is C28H35N3O5. The number of likely N-dealkylation sites (tertiary alicyclic amines) is 1. The van der Waals surface area contributed by atoms with Crippen LogP contribution in [0.4, 0.5) is 0 Å². The Kier molecular flexibility index (Phi) is 8.46. The van der Waals surface area contributed by atoms with Crippen molar-refractivity contribution in [3.05, 3.63) is 59.2 Å². The first-order valence-electron chi connectivity index (χ1n) is 12.8. The molecule has 2 fully saturated rings. The molecule has 2 aromatic carbocycles. The van der Waals surface area contributed by atoms with Crippen LogP contribution in [0.1, 0.15) is 65.3 Å². The number of piperidine rings is 1. The molecule has 0 spiro atoms. The van der Waals surface area contributed by atoms with Crippen LogP contribution in [0.5, 0.6) is 11.5 Å². The second-order valence-corrected chi connectivity index (χ2v) is 9.43. The van der Waals surface area contributed by atoms with Crippen LogP contribution in [0.2, 0.25) is 0 Å². The first kappa shape index (κ1) is 25.5. The molecule has 4 rings (SSSR count). The van der Waals surface area contributed by atoms with Crippen molar-refractivity contribution >= 4 is 17.7 Å². The number of carbonyl (C=O) groups is 3. The standard InChI is InChI=1S/C28H35N3O5/c1-3-35-25-17-22(11-14-24(25)36-19-26(32)31-15-5-4-6-16-31)28(34)30(2)18-20-7-9-21(10-8-20)27(33)29-23-12-13-23/h7-11,14,17,23H,3-6,12-13,15-16,18-19H2,1-2H3,(H,29,33). The van der Waals surface area contributed by atoms with Crippen molar-refractivity contribution in [2.45, 2.75) is 51.6 Å². The number of nitrogens with one attached hydrogen (secondary N) is 1. The highest BCUT2D eigenvalue weighted by Crippen LogP contribution is 2.29. The van der Waals surface area contributed by atoms with Crippen LogP contribution in [0.25, 0.3) is 0 Å². The number of ether oxygens (including phenoxy) is 2. The highest BCUT2D eigenvalue weighted by molar-refractivity contribution is 5.95. The monoisotopic (exact) mass is 493 g/mol. The van der Waals surface area contributed by atoms with Crippen LogP contribution in [-0.2, 0) is 11.3 Å². The van der Waals surface area contributed by atoms with E-state index in [1.165, 1.54) is 0 Å². The molecule has 1 aliphatic heterocycles. The van der Waals surface area contributed by atoms with Crippen molar-refractivity contribution in [2.75, 3.05) is 33.4 Å². The van der Waals surface area contributed by atoms with Gasteiger partial charge in [0.15, 0.2) is 18.1 Å². The number of carbonyl (C=O) groups excluding carboxylic acids is 3. The van der Waals surface area contributed by atoms with Gasteiger partial charge in [-0.2, -0.15) is 0 Å². The van der Waals surface area contributed by atoms with Gasteiger partial charge in [-0.25, -0.2) is 0 Å². The van der Waals surface area contributed by atoms with Gasteiger partial charge in [0.1, 0.15) is 0 Å². The molecular weight excluding hydrogens is 458 g/mol. The lowest BCUT2D eigenvalue weighted by Crippen LogP contribution is -2.38. The average molecular weight is 494 g/mol. The SMILES string of the molecule is CCOc1cc(C(=O)N(C)Cc2ccc(C(=O)NC3CC3)cc2)ccc1OCC(=O)N1CCCCC1. The van der Waals surface area contributed by atoms with Gasteiger partial charge in [-0.3, -0.25) is 14.4 Å². The minimum atomic E-state index is -0.164. The van der Waals surface area contributed by atoms with Gasteiger partial charge in [0, 0.05) is 43.9 Å². The van der Waals surface area contributed by atoms with Crippen LogP contribution >= 0.6 is 0 Å². The number of rotatable bonds is 10. The maximum absolute atomic E-state index is 13.1. The van der Waals surface area contributed by atoms with E-state index < -0.39 is 0 Å². The summed E-state index contributed by atoms with van der Waals surface area (Å²) in [6.45, 7) is 4.16. The molecule has 1 heterocycles. The summed E-state index contributed by atoms with van der Waals surface area (Å²) in [7, 11) is 1.73. The van der Waals surface area contributed by atoms with Crippen LogP contribution in [-0.4, -0.2) is 66.9 Å². The normalized spacial score (nSPS) is 15.2.